The van der Waals surface area contributed by atoms with Crippen molar-refractivity contribution in [2.24, 2.45) is 0 Å². The minimum absolute atomic E-state index is 0.0857. The van der Waals surface area contributed by atoms with Gasteiger partial charge in [0, 0.05) is 0 Å². The van der Waals surface area contributed by atoms with E-state index in [1.54, 1.807) is 0 Å². The monoisotopic (exact) mass is 180 g/mol. The predicted molar refractivity (Wildman–Crippen MR) is 56.6 cm³/mol. The second kappa shape index (κ2) is 6.90. The Morgan fingerprint density at radius 1 is 0.769 bits per heavy atom. The number of hydrogen-bond acceptors (Lipinski definition) is 1. The van der Waals surface area contributed by atoms with Crippen LogP contribution in [0.4, 0.5) is 0 Å². The molecule has 0 amide bonds. The molecule has 0 spiro atoms. The van der Waals surface area contributed by atoms with Crippen LogP contribution in [0, 0.1) is 0 Å². The second-order valence-electron chi connectivity index (χ2n) is 3.68. The summed E-state index contributed by atoms with van der Waals surface area (Å²) in [5, 5.41) is 9.54. The Hall–Kier alpha value is -0.560. The Labute approximate surface area is 81.2 Å². The lowest BCUT2D eigenvalue weighted by molar-refractivity contribution is 0.153. The zero-order valence-electron chi connectivity index (χ0n) is 8.28. The SMILES string of the molecule is OC1CC/C=C/CC/C=C\CCC1. The molecule has 0 radical (unpaired) electrons. The zero-order chi connectivity index (χ0) is 9.36. The van der Waals surface area contributed by atoms with Gasteiger partial charge in [0.05, 0.1) is 6.10 Å². The molecule has 0 aliphatic heterocycles. The van der Waals surface area contributed by atoms with Crippen LogP contribution in [0.25, 0.3) is 0 Å². The van der Waals surface area contributed by atoms with E-state index < -0.39 is 0 Å². The van der Waals surface area contributed by atoms with Gasteiger partial charge in [0.25, 0.3) is 0 Å². The highest BCUT2D eigenvalue weighted by Gasteiger charge is 2.01. The molecule has 1 nitrogen and oxygen atoms in total. The molecule has 1 atom stereocenters. The van der Waals surface area contributed by atoms with Crippen molar-refractivity contribution in [1.82, 2.24) is 0 Å². The standard InChI is InChI=1S/C12H20O/c13-12-10-8-6-4-2-1-3-5-7-9-11-12/h2,4-5,7,12-13H,1,3,6,8-11H2/b4-2-,7-5+. The van der Waals surface area contributed by atoms with Crippen molar-refractivity contribution in [2.75, 3.05) is 0 Å². The van der Waals surface area contributed by atoms with Gasteiger partial charge in [-0.2, -0.15) is 0 Å². The average Bonchev–Trinajstić information content (AvgIpc) is 2.11. The summed E-state index contributed by atoms with van der Waals surface area (Å²) in [7, 11) is 0. The van der Waals surface area contributed by atoms with E-state index in [1.807, 2.05) is 0 Å². The summed E-state index contributed by atoms with van der Waals surface area (Å²) in [5.74, 6) is 0. The molecule has 1 rings (SSSR count). The van der Waals surface area contributed by atoms with Crippen molar-refractivity contribution in [2.45, 2.75) is 51.0 Å². The first-order valence-corrected chi connectivity index (χ1v) is 5.37. The smallest absolute Gasteiger partial charge is 0.0543 e. The van der Waals surface area contributed by atoms with Gasteiger partial charge in [-0.3, -0.25) is 0 Å². The molecule has 0 saturated carbocycles. The van der Waals surface area contributed by atoms with Crippen LogP contribution in [0.1, 0.15) is 44.9 Å². The summed E-state index contributed by atoms with van der Waals surface area (Å²) in [5.41, 5.74) is 0. The Morgan fingerprint density at radius 3 is 2.15 bits per heavy atom. The first kappa shape index (κ1) is 10.5. The Bertz CT molecular complexity index is 170. The summed E-state index contributed by atoms with van der Waals surface area (Å²) in [4.78, 5) is 0. The Kier molecular flexibility index (Phi) is 5.59. The highest BCUT2D eigenvalue weighted by molar-refractivity contribution is 4.89. The van der Waals surface area contributed by atoms with E-state index in [1.165, 1.54) is 6.42 Å². The van der Waals surface area contributed by atoms with E-state index in [0.29, 0.717) is 0 Å². The molecular weight excluding hydrogens is 160 g/mol. The first-order valence-electron chi connectivity index (χ1n) is 5.37. The maximum atomic E-state index is 9.54. The third kappa shape index (κ3) is 5.64. The van der Waals surface area contributed by atoms with Crippen LogP contribution in [0.15, 0.2) is 24.3 Å². The van der Waals surface area contributed by atoms with Gasteiger partial charge in [0.1, 0.15) is 0 Å². The summed E-state index contributed by atoms with van der Waals surface area (Å²) >= 11 is 0. The normalized spacial score (nSPS) is 31.3. The topological polar surface area (TPSA) is 20.2 Å². The summed E-state index contributed by atoms with van der Waals surface area (Å²) in [6.45, 7) is 0. The Balaban J connectivity index is 2.29. The molecule has 1 aliphatic rings. The molecular formula is C12H20O. The predicted octanol–water partition coefficient (Wildman–Crippen LogP) is 3.20. The van der Waals surface area contributed by atoms with E-state index in [2.05, 4.69) is 24.3 Å². The van der Waals surface area contributed by atoms with E-state index in [0.717, 1.165) is 38.5 Å². The number of aliphatic hydroxyl groups is 1. The van der Waals surface area contributed by atoms with Gasteiger partial charge < -0.3 is 5.11 Å². The van der Waals surface area contributed by atoms with Crippen molar-refractivity contribution < 1.29 is 5.11 Å². The van der Waals surface area contributed by atoms with Gasteiger partial charge in [-0.25, -0.2) is 0 Å². The van der Waals surface area contributed by atoms with Crippen LogP contribution in [-0.4, -0.2) is 11.2 Å². The molecule has 74 valence electrons. The molecule has 1 aliphatic carbocycles. The number of allylic oxidation sites excluding steroid dienone is 4. The van der Waals surface area contributed by atoms with Crippen LogP contribution in [-0.2, 0) is 0 Å². The maximum absolute atomic E-state index is 9.54. The molecule has 13 heavy (non-hydrogen) atoms. The fourth-order valence-electron chi connectivity index (χ4n) is 1.57. The third-order valence-electron chi connectivity index (χ3n) is 2.41. The molecule has 0 bridgehead atoms. The molecule has 0 heterocycles. The van der Waals surface area contributed by atoms with Crippen molar-refractivity contribution in [1.29, 1.82) is 0 Å². The van der Waals surface area contributed by atoms with Crippen molar-refractivity contribution in [3.8, 4) is 0 Å². The van der Waals surface area contributed by atoms with Gasteiger partial charge in [0.2, 0.25) is 0 Å². The van der Waals surface area contributed by atoms with Crippen LogP contribution in [0.5, 0.6) is 0 Å². The third-order valence-corrected chi connectivity index (χ3v) is 2.41. The van der Waals surface area contributed by atoms with E-state index >= 15 is 0 Å². The van der Waals surface area contributed by atoms with E-state index in [9.17, 15) is 5.11 Å². The summed E-state index contributed by atoms with van der Waals surface area (Å²) in [6.07, 6.45) is 16.3. The van der Waals surface area contributed by atoms with Crippen molar-refractivity contribution in [3.63, 3.8) is 0 Å². The lowest BCUT2D eigenvalue weighted by Gasteiger charge is -2.07. The highest BCUT2D eigenvalue weighted by atomic mass is 16.3. The van der Waals surface area contributed by atoms with Crippen LogP contribution in [0.2, 0.25) is 0 Å². The average molecular weight is 180 g/mol. The Morgan fingerprint density at radius 2 is 1.38 bits per heavy atom. The largest absolute Gasteiger partial charge is 0.393 e. The van der Waals surface area contributed by atoms with Crippen molar-refractivity contribution in [3.05, 3.63) is 24.3 Å². The van der Waals surface area contributed by atoms with Crippen LogP contribution < -0.4 is 0 Å². The summed E-state index contributed by atoms with van der Waals surface area (Å²) < 4.78 is 0. The first-order chi connectivity index (χ1) is 6.39. The minimum Gasteiger partial charge on any atom is -0.393 e. The molecule has 1 unspecified atom stereocenters. The zero-order valence-corrected chi connectivity index (χ0v) is 8.28. The van der Waals surface area contributed by atoms with Crippen LogP contribution >= 0.6 is 0 Å². The molecule has 0 fully saturated rings. The maximum Gasteiger partial charge on any atom is 0.0543 e. The minimum atomic E-state index is -0.0857. The summed E-state index contributed by atoms with van der Waals surface area (Å²) in [6, 6.07) is 0. The quantitative estimate of drug-likeness (QED) is 0.567. The molecule has 0 saturated heterocycles. The van der Waals surface area contributed by atoms with Crippen molar-refractivity contribution >= 4 is 0 Å². The van der Waals surface area contributed by atoms with Gasteiger partial charge in [-0.1, -0.05) is 24.3 Å². The fraction of sp³-hybridized carbons (Fsp3) is 0.667. The number of aliphatic hydroxyl groups excluding tert-OH is 1. The van der Waals surface area contributed by atoms with E-state index in [4.69, 9.17) is 0 Å². The van der Waals surface area contributed by atoms with Gasteiger partial charge in [-0.15, -0.1) is 0 Å². The second-order valence-corrected chi connectivity index (χ2v) is 3.68. The lowest BCUT2D eigenvalue weighted by Crippen LogP contribution is -2.05. The van der Waals surface area contributed by atoms with E-state index in [-0.39, 0.29) is 6.10 Å². The molecule has 1 N–H and O–H groups in total. The molecule has 1 heteroatoms. The molecule has 0 aromatic rings. The fourth-order valence-corrected chi connectivity index (χ4v) is 1.57. The molecule has 0 aromatic heterocycles. The van der Waals surface area contributed by atoms with Gasteiger partial charge in [-0.05, 0) is 44.9 Å². The van der Waals surface area contributed by atoms with Gasteiger partial charge in [0.15, 0.2) is 0 Å². The lowest BCUT2D eigenvalue weighted by atomic mass is 10.1. The number of hydrogen-bond donors (Lipinski definition) is 1. The van der Waals surface area contributed by atoms with Gasteiger partial charge >= 0.3 is 0 Å². The highest BCUT2D eigenvalue weighted by Crippen LogP contribution is 2.09. The molecule has 0 aromatic carbocycles. The van der Waals surface area contributed by atoms with Crippen LogP contribution in [0.3, 0.4) is 0 Å². The number of rotatable bonds is 0.